The van der Waals surface area contributed by atoms with E-state index in [2.05, 4.69) is 15.0 Å². The monoisotopic (exact) mass is 260 g/mol. The molecule has 0 unspecified atom stereocenters. The summed E-state index contributed by atoms with van der Waals surface area (Å²) in [5.41, 5.74) is 6.56. The van der Waals surface area contributed by atoms with Crippen molar-refractivity contribution in [3.8, 4) is 0 Å². The van der Waals surface area contributed by atoms with Crippen molar-refractivity contribution in [2.24, 2.45) is 0 Å². The maximum absolute atomic E-state index is 5.70. The van der Waals surface area contributed by atoms with Crippen molar-refractivity contribution in [3.05, 3.63) is 35.8 Å². The molecule has 3 aromatic rings. The molecule has 0 aliphatic rings. The number of rotatable bonds is 2. The highest BCUT2D eigenvalue weighted by atomic mass is 32.2. The Balaban J connectivity index is 2.14. The number of benzene rings is 1. The normalized spacial score (nSPS) is 10.8. The van der Waals surface area contributed by atoms with Gasteiger partial charge in [0.2, 0.25) is 5.95 Å². The molecule has 0 aliphatic carbocycles. The minimum atomic E-state index is 0.294. The van der Waals surface area contributed by atoms with Crippen molar-refractivity contribution in [1.82, 2.24) is 15.0 Å². The van der Waals surface area contributed by atoms with Crippen LogP contribution in [0.25, 0.3) is 10.9 Å². The molecule has 0 atom stereocenters. The standard InChI is InChI=1S/C11H8N4S2/c12-10-14-8-4-2-1-3-7(8)9(15-10)17-11-13-5-6-16-11/h1-6H,(H2,12,14,15). The second-order valence-corrected chi connectivity index (χ2v) is 5.43. The number of fused-ring (bicyclic) bond motifs is 1. The van der Waals surface area contributed by atoms with Crippen LogP contribution >= 0.6 is 23.1 Å². The van der Waals surface area contributed by atoms with E-state index in [1.807, 2.05) is 29.6 Å². The van der Waals surface area contributed by atoms with Crippen molar-refractivity contribution in [2.45, 2.75) is 9.37 Å². The molecule has 4 nitrogen and oxygen atoms in total. The number of anilines is 1. The van der Waals surface area contributed by atoms with E-state index in [4.69, 9.17) is 5.73 Å². The highest BCUT2D eigenvalue weighted by Crippen LogP contribution is 2.32. The minimum absolute atomic E-state index is 0.294. The minimum Gasteiger partial charge on any atom is -0.368 e. The highest BCUT2D eigenvalue weighted by molar-refractivity contribution is 8.01. The summed E-state index contributed by atoms with van der Waals surface area (Å²) in [5.74, 6) is 0.294. The second-order valence-electron chi connectivity index (χ2n) is 3.30. The first-order chi connectivity index (χ1) is 8.33. The molecule has 1 aromatic carbocycles. The fourth-order valence-corrected chi connectivity index (χ4v) is 3.14. The molecular formula is C11H8N4S2. The van der Waals surface area contributed by atoms with Gasteiger partial charge in [0.25, 0.3) is 0 Å². The summed E-state index contributed by atoms with van der Waals surface area (Å²) < 4.78 is 0.952. The van der Waals surface area contributed by atoms with Crippen LogP contribution in [-0.4, -0.2) is 15.0 Å². The Labute approximate surface area is 106 Å². The quantitative estimate of drug-likeness (QED) is 0.718. The van der Waals surface area contributed by atoms with Gasteiger partial charge in [-0.3, -0.25) is 0 Å². The van der Waals surface area contributed by atoms with Gasteiger partial charge in [0, 0.05) is 17.0 Å². The van der Waals surface area contributed by atoms with E-state index in [1.54, 1.807) is 17.5 Å². The van der Waals surface area contributed by atoms with Crippen LogP contribution in [0, 0.1) is 0 Å². The molecule has 3 rings (SSSR count). The predicted octanol–water partition coefficient (Wildman–Crippen LogP) is 2.82. The van der Waals surface area contributed by atoms with Crippen LogP contribution in [-0.2, 0) is 0 Å². The first kappa shape index (κ1) is 10.5. The second kappa shape index (κ2) is 4.31. The molecule has 84 valence electrons. The molecule has 0 radical (unpaired) electrons. The van der Waals surface area contributed by atoms with Crippen molar-refractivity contribution in [2.75, 3.05) is 5.73 Å². The van der Waals surface area contributed by atoms with Crippen LogP contribution in [0.3, 0.4) is 0 Å². The molecule has 2 heterocycles. The molecular weight excluding hydrogens is 252 g/mol. The Hall–Kier alpha value is -1.66. The fourth-order valence-electron chi connectivity index (χ4n) is 1.49. The molecule has 0 spiro atoms. The Morgan fingerprint density at radius 2 is 2.06 bits per heavy atom. The number of thiazole rings is 1. The van der Waals surface area contributed by atoms with Crippen molar-refractivity contribution in [3.63, 3.8) is 0 Å². The molecule has 0 saturated heterocycles. The van der Waals surface area contributed by atoms with Gasteiger partial charge < -0.3 is 5.73 Å². The van der Waals surface area contributed by atoms with Crippen LogP contribution in [0.1, 0.15) is 0 Å². The van der Waals surface area contributed by atoms with Crippen LogP contribution in [0.4, 0.5) is 5.95 Å². The lowest BCUT2D eigenvalue weighted by Crippen LogP contribution is -1.96. The largest absolute Gasteiger partial charge is 0.368 e. The number of hydrogen-bond acceptors (Lipinski definition) is 6. The molecule has 0 bridgehead atoms. The summed E-state index contributed by atoms with van der Waals surface area (Å²) in [6.07, 6.45) is 1.78. The third-order valence-corrected chi connectivity index (χ3v) is 4.07. The molecule has 0 aliphatic heterocycles. The Morgan fingerprint density at radius 1 is 1.18 bits per heavy atom. The summed E-state index contributed by atoms with van der Waals surface area (Å²) in [6.45, 7) is 0. The summed E-state index contributed by atoms with van der Waals surface area (Å²) in [7, 11) is 0. The van der Waals surface area contributed by atoms with Gasteiger partial charge in [0.05, 0.1) is 5.52 Å². The molecule has 0 amide bonds. The smallest absolute Gasteiger partial charge is 0.221 e. The SMILES string of the molecule is Nc1nc(Sc2nccs2)c2ccccc2n1. The topological polar surface area (TPSA) is 64.7 Å². The van der Waals surface area contributed by atoms with E-state index in [0.717, 1.165) is 20.3 Å². The number of aromatic nitrogens is 3. The zero-order valence-electron chi connectivity index (χ0n) is 8.70. The number of nitrogens with two attached hydrogens (primary N) is 1. The van der Waals surface area contributed by atoms with Gasteiger partial charge in [-0.25, -0.2) is 15.0 Å². The van der Waals surface area contributed by atoms with E-state index >= 15 is 0 Å². The highest BCUT2D eigenvalue weighted by Gasteiger charge is 2.08. The molecule has 0 saturated carbocycles. The first-order valence-corrected chi connectivity index (χ1v) is 6.62. The van der Waals surface area contributed by atoms with Gasteiger partial charge in [-0.2, -0.15) is 0 Å². The Kier molecular flexibility index (Phi) is 2.66. The third kappa shape index (κ3) is 2.09. The van der Waals surface area contributed by atoms with Crippen LogP contribution in [0.2, 0.25) is 0 Å². The van der Waals surface area contributed by atoms with Crippen molar-refractivity contribution >= 4 is 39.9 Å². The lowest BCUT2D eigenvalue weighted by molar-refractivity contribution is 1.11. The summed E-state index contributed by atoms with van der Waals surface area (Å²) in [4.78, 5) is 12.7. The average Bonchev–Trinajstić information content (AvgIpc) is 2.81. The number of para-hydroxylation sites is 1. The van der Waals surface area contributed by atoms with Gasteiger partial charge in [0.15, 0.2) is 4.34 Å². The molecule has 2 aromatic heterocycles. The number of nitrogens with zero attached hydrogens (tertiary/aromatic N) is 3. The fraction of sp³-hybridized carbons (Fsp3) is 0. The zero-order chi connectivity index (χ0) is 11.7. The van der Waals surface area contributed by atoms with Gasteiger partial charge in [-0.15, -0.1) is 11.3 Å². The molecule has 6 heteroatoms. The summed E-state index contributed by atoms with van der Waals surface area (Å²) in [5, 5.41) is 3.79. The van der Waals surface area contributed by atoms with E-state index in [0.29, 0.717) is 5.95 Å². The maximum Gasteiger partial charge on any atom is 0.221 e. The molecule has 2 N–H and O–H groups in total. The number of nitrogen functional groups attached to an aromatic ring is 1. The van der Waals surface area contributed by atoms with Crippen LogP contribution in [0.15, 0.2) is 45.2 Å². The van der Waals surface area contributed by atoms with Gasteiger partial charge in [0.1, 0.15) is 5.03 Å². The Morgan fingerprint density at radius 3 is 2.88 bits per heavy atom. The predicted molar refractivity (Wildman–Crippen MR) is 70.2 cm³/mol. The zero-order valence-corrected chi connectivity index (χ0v) is 10.3. The first-order valence-electron chi connectivity index (χ1n) is 4.92. The van der Waals surface area contributed by atoms with Crippen molar-refractivity contribution < 1.29 is 0 Å². The lowest BCUT2D eigenvalue weighted by Gasteiger charge is -2.03. The maximum atomic E-state index is 5.70. The van der Waals surface area contributed by atoms with E-state index in [9.17, 15) is 0 Å². The lowest BCUT2D eigenvalue weighted by atomic mass is 10.2. The number of hydrogen-bond donors (Lipinski definition) is 1. The molecule has 17 heavy (non-hydrogen) atoms. The molecule has 0 fully saturated rings. The van der Waals surface area contributed by atoms with Gasteiger partial charge >= 0.3 is 0 Å². The Bertz CT molecular complexity index is 652. The van der Waals surface area contributed by atoms with Crippen LogP contribution < -0.4 is 5.73 Å². The van der Waals surface area contributed by atoms with Crippen molar-refractivity contribution in [1.29, 1.82) is 0 Å². The third-order valence-electron chi connectivity index (χ3n) is 2.18. The van der Waals surface area contributed by atoms with Gasteiger partial charge in [-0.05, 0) is 17.8 Å². The van der Waals surface area contributed by atoms with E-state index in [1.165, 1.54) is 11.8 Å². The summed E-state index contributed by atoms with van der Waals surface area (Å²) in [6, 6.07) is 7.82. The van der Waals surface area contributed by atoms with Gasteiger partial charge in [-0.1, -0.05) is 18.2 Å². The average molecular weight is 260 g/mol. The van der Waals surface area contributed by atoms with E-state index in [-0.39, 0.29) is 0 Å². The summed E-state index contributed by atoms with van der Waals surface area (Å²) >= 11 is 3.10. The van der Waals surface area contributed by atoms with E-state index < -0.39 is 0 Å². The van der Waals surface area contributed by atoms with Crippen LogP contribution in [0.5, 0.6) is 0 Å².